The first kappa shape index (κ1) is 23.8. The van der Waals surface area contributed by atoms with E-state index >= 15 is 0 Å². The Labute approximate surface area is 177 Å². The van der Waals surface area contributed by atoms with Gasteiger partial charge in [0.05, 0.1) is 36.8 Å². The van der Waals surface area contributed by atoms with Crippen LogP contribution in [0.1, 0.15) is 20.8 Å². The smallest absolute Gasteiger partial charge is 0.262 e. The van der Waals surface area contributed by atoms with Gasteiger partial charge < -0.3 is 14.2 Å². The molecule has 0 radical (unpaired) electrons. The largest absolute Gasteiger partial charge is 0.497 e. The Morgan fingerprint density at radius 1 is 0.733 bits per heavy atom. The molecule has 0 unspecified atom stereocenters. The van der Waals surface area contributed by atoms with E-state index in [1.807, 2.05) is 0 Å². The van der Waals surface area contributed by atoms with Crippen LogP contribution in [0.25, 0.3) is 0 Å². The predicted octanol–water partition coefficient (Wildman–Crippen LogP) is 2.59. The van der Waals surface area contributed by atoms with Crippen LogP contribution in [-0.4, -0.2) is 43.7 Å². The molecule has 9 nitrogen and oxygen atoms in total. The molecule has 0 spiro atoms. The molecule has 0 saturated heterocycles. The van der Waals surface area contributed by atoms with Crippen LogP contribution in [0.15, 0.2) is 46.2 Å². The Bertz CT molecular complexity index is 1100. The molecule has 2 aromatic carbocycles. The van der Waals surface area contributed by atoms with Gasteiger partial charge in [0.2, 0.25) is 10.0 Å². The highest BCUT2D eigenvalue weighted by molar-refractivity contribution is 7.92. The maximum absolute atomic E-state index is 13.0. The van der Waals surface area contributed by atoms with Crippen molar-refractivity contribution >= 4 is 25.7 Å². The Kier molecular flexibility index (Phi) is 6.90. The summed E-state index contributed by atoms with van der Waals surface area (Å²) >= 11 is 0. The third kappa shape index (κ3) is 5.77. The number of nitrogens with one attached hydrogen (secondary N) is 2. The van der Waals surface area contributed by atoms with Crippen molar-refractivity contribution in [3.8, 4) is 17.2 Å². The van der Waals surface area contributed by atoms with Crippen molar-refractivity contribution in [2.24, 2.45) is 0 Å². The molecule has 2 aromatic rings. The highest BCUT2D eigenvalue weighted by atomic mass is 32.2. The van der Waals surface area contributed by atoms with Gasteiger partial charge in [0.1, 0.15) is 17.2 Å². The first-order valence-electron chi connectivity index (χ1n) is 8.79. The summed E-state index contributed by atoms with van der Waals surface area (Å²) in [5.74, 6) is 0.725. The molecule has 166 valence electrons. The minimum Gasteiger partial charge on any atom is -0.497 e. The van der Waals surface area contributed by atoms with Crippen LogP contribution in [0.4, 0.5) is 5.69 Å². The number of anilines is 1. The predicted molar refractivity (Wildman–Crippen MR) is 113 cm³/mol. The van der Waals surface area contributed by atoms with Crippen LogP contribution in [0.3, 0.4) is 0 Å². The van der Waals surface area contributed by atoms with Crippen LogP contribution >= 0.6 is 0 Å². The molecule has 0 aliphatic heterocycles. The molecular weight excluding hydrogens is 432 g/mol. The number of rotatable bonds is 8. The van der Waals surface area contributed by atoms with E-state index in [1.165, 1.54) is 57.7 Å². The quantitative estimate of drug-likeness (QED) is 0.624. The zero-order chi connectivity index (χ0) is 22.7. The van der Waals surface area contributed by atoms with E-state index in [0.717, 1.165) is 0 Å². The lowest BCUT2D eigenvalue weighted by Gasteiger charge is -2.21. The summed E-state index contributed by atoms with van der Waals surface area (Å²) in [6, 6.07) is 8.07. The highest BCUT2D eigenvalue weighted by Gasteiger charge is 2.25. The van der Waals surface area contributed by atoms with E-state index in [1.54, 1.807) is 20.8 Å². The summed E-state index contributed by atoms with van der Waals surface area (Å²) in [5, 5.41) is 0. The lowest BCUT2D eigenvalue weighted by atomic mass is 10.1. The van der Waals surface area contributed by atoms with Crippen LogP contribution < -0.4 is 23.7 Å². The van der Waals surface area contributed by atoms with Gasteiger partial charge >= 0.3 is 0 Å². The maximum atomic E-state index is 13.0. The normalized spacial score (nSPS) is 12.3. The molecule has 0 fully saturated rings. The van der Waals surface area contributed by atoms with E-state index in [0.29, 0.717) is 0 Å². The lowest BCUT2D eigenvalue weighted by Crippen LogP contribution is -2.40. The average molecular weight is 459 g/mol. The molecule has 0 bridgehead atoms. The number of methoxy groups -OCH3 is 3. The molecule has 0 amide bonds. The first-order valence-corrected chi connectivity index (χ1v) is 11.8. The second kappa shape index (κ2) is 8.70. The first-order chi connectivity index (χ1) is 13.8. The van der Waals surface area contributed by atoms with Crippen molar-refractivity contribution in [3.05, 3.63) is 36.4 Å². The Morgan fingerprint density at radius 2 is 1.30 bits per heavy atom. The molecule has 30 heavy (non-hydrogen) atoms. The van der Waals surface area contributed by atoms with Gasteiger partial charge in [0.15, 0.2) is 0 Å². The SMILES string of the molecule is COc1cc(OC)cc(S(=O)(=O)Nc2cc(S(=O)(=O)NC(C)(C)C)ccc2OC)c1. The molecular formula is C19H26N2O7S2. The summed E-state index contributed by atoms with van der Waals surface area (Å²) in [6.45, 7) is 5.11. The van der Waals surface area contributed by atoms with Crippen molar-refractivity contribution in [3.63, 3.8) is 0 Å². The summed E-state index contributed by atoms with van der Waals surface area (Å²) < 4.78 is 71.5. The third-order valence-electron chi connectivity index (χ3n) is 3.80. The zero-order valence-corrected chi connectivity index (χ0v) is 19.3. The van der Waals surface area contributed by atoms with E-state index < -0.39 is 25.6 Å². The van der Waals surface area contributed by atoms with Crippen LogP contribution in [0.5, 0.6) is 17.2 Å². The number of benzene rings is 2. The van der Waals surface area contributed by atoms with Crippen molar-refractivity contribution < 1.29 is 31.0 Å². The molecule has 0 aliphatic carbocycles. The van der Waals surface area contributed by atoms with Gasteiger partial charge in [-0.15, -0.1) is 0 Å². The molecule has 0 aliphatic rings. The molecule has 0 aromatic heterocycles. The monoisotopic (exact) mass is 458 g/mol. The van der Waals surface area contributed by atoms with E-state index in [9.17, 15) is 16.8 Å². The Balaban J connectivity index is 2.51. The van der Waals surface area contributed by atoms with E-state index in [4.69, 9.17) is 14.2 Å². The third-order valence-corrected chi connectivity index (χ3v) is 6.90. The molecule has 11 heteroatoms. The summed E-state index contributed by atoms with van der Waals surface area (Å²) in [5.41, 5.74) is -0.744. The van der Waals surface area contributed by atoms with E-state index in [2.05, 4.69) is 9.44 Å². The molecule has 0 saturated carbocycles. The number of hydrogen-bond acceptors (Lipinski definition) is 7. The summed E-state index contributed by atoms with van der Waals surface area (Å²) in [6.07, 6.45) is 0. The number of hydrogen-bond donors (Lipinski definition) is 2. The summed E-state index contributed by atoms with van der Waals surface area (Å²) in [4.78, 5) is -0.235. The van der Waals surface area contributed by atoms with Gasteiger partial charge in [0, 0.05) is 23.7 Å². The highest BCUT2D eigenvalue weighted by Crippen LogP contribution is 2.32. The topological polar surface area (TPSA) is 120 Å². The van der Waals surface area contributed by atoms with Crippen LogP contribution in [-0.2, 0) is 20.0 Å². The molecule has 0 heterocycles. The number of sulfonamides is 2. The lowest BCUT2D eigenvalue weighted by molar-refractivity contribution is 0.392. The minimum atomic E-state index is -4.11. The van der Waals surface area contributed by atoms with Gasteiger partial charge in [-0.05, 0) is 39.0 Å². The molecule has 0 atom stereocenters. The minimum absolute atomic E-state index is 0.0314. The van der Waals surface area contributed by atoms with Crippen molar-refractivity contribution in [2.45, 2.75) is 36.1 Å². The number of ether oxygens (including phenoxy) is 3. The van der Waals surface area contributed by atoms with Gasteiger partial charge in [-0.1, -0.05) is 0 Å². The second-order valence-electron chi connectivity index (χ2n) is 7.37. The molecule has 2 N–H and O–H groups in total. The van der Waals surface area contributed by atoms with Gasteiger partial charge in [-0.25, -0.2) is 21.6 Å². The van der Waals surface area contributed by atoms with Crippen LogP contribution in [0.2, 0.25) is 0 Å². The fourth-order valence-corrected chi connectivity index (χ4v) is 5.09. The fraction of sp³-hybridized carbons (Fsp3) is 0.368. The molecule has 2 rings (SSSR count). The van der Waals surface area contributed by atoms with Crippen molar-refractivity contribution in [1.82, 2.24) is 4.72 Å². The van der Waals surface area contributed by atoms with Crippen molar-refractivity contribution in [1.29, 1.82) is 0 Å². The van der Waals surface area contributed by atoms with Crippen molar-refractivity contribution in [2.75, 3.05) is 26.1 Å². The second-order valence-corrected chi connectivity index (χ2v) is 10.7. The van der Waals surface area contributed by atoms with E-state index in [-0.39, 0.29) is 32.7 Å². The average Bonchev–Trinajstić information content (AvgIpc) is 2.65. The van der Waals surface area contributed by atoms with Gasteiger partial charge in [-0.3, -0.25) is 4.72 Å². The Morgan fingerprint density at radius 3 is 1.77 bits per heavy atom. The fourth-order valence-electron chi connectivity index (χ4n) is 2.54. The standard InChI is InChI=1S/C19H26N2O7S2/c1-19(2,3)21-30(24,25)15-7-8-18(28-6)17(12-15)20-29(22,23)16-10-13(26-4)9-14(11-16)27-5/h7-12,20-21H,1-6H3. The zero-order valence-electron chi connectivity index (χ0n) is 17.6. The summed E-state index contributed by atoms with van der Waals surface area (Å²) in [7, 11) is -3.85. The van der Waals surface area contributed by atoms with Gasteiger partial charge in [0.25, 0.3) is 10.0 Å². The van der Waals surface area contributed by atoms with Gasteiger partial charge in [-0.2, -0.15) is 0 Å². The van der Waals surface area contributed by atoms with Crippen LogP contribution in [0, 0.1) is 0 Å². The maximum Gasteiger partial charge on any atom is 0.262 e. The Hall–Kier alpha value is -2.50.